The van der Waals surface area contributed by atoms with Gasteiger partial charge in [-0.25, -0.2) is 4.39 Å². The Balaban J connectivity index is 2.47. The molecule has 1 aromatic carbocycles. The average Bonchev–Trinajstić information content (AvgIpc) is 2.48. The lowest BCUT2D eigenvalue weighted by Crippen LogP contribution is -2.28. The lowest BCUT2D eigenvalue weighted by molar-refractivity contribution is -0.138. The van der Waals surface area contributed by atoms with Crippen LogP contribution >= 0.6 is 0 Å². The number of hydrogen-bond acceptors (Lipinski definition) is 1. The van der Waals surface area contributed by atoms with Crippen molar-refractivity contribution in [1.29, 1.82) is 0 Å². The zero-order valence-electron chi connectivity index (χ0n) is 13.3. The van der Waals surface area contributed by atoms with Gasteiger partial charge in [-0.1, -0.05) is 51.5 Å². The van der Waals surface area contributed by atoms with E-state index in [2.05, 4.69) is 12.2 Å². The van der Waals surface area contributed by atoms with Gasteiger partial charge in [0.1, 0.15) is 5.82 Å². The van der Waals surface area contributed by atoms with Crippen LogP contribution < -0.4 is 5.32 Å². The maximum absolute atomic E-state index is 13.6. The molecule has 1 rings (SSSR count). The summed E-state index contributed by atoms with van der Waals surface area (Å²) >= 11 is 0. The summed E-state index contributed by atoms with van der Waals surface area (Å²) in [4.78, 5) is 11.9. The van der Waals surface area contributed by atoms with E-state index in [1.807, 2.05) is 0 Å². The molecule has 1 aromatic rings. The Morgan fingerprint density at radius 1 is 1.04 bits per heavy atom. The summed E-state index contributed by atoms with van der Waals surface area (Å²) in [5, 5.41) is 2.38. The zero-order chi connectivity index (χ0) is 17.3. The first-order valence-electron chi connectivity index (χ1n) is 8.01. The highest BCUT2D eigenvalue weighted by molar-refractivity contribution is 5.96. The highest BCUT2D eigenvalue weighted by Crippen LogP contribution is 2.32. The summed E-state index contributed by atoms with van der Waals surface area (Å²) in [7, 11) is 0. The number of benzene rings is 1. The molecule has 0 bridgehead atoms. The third-order valence-electron chi connectivity index (χ3n) is 3.61. The number of alkyl halides is 3. The van der Waals surface area contributed by atoms with E-state index >= 15 is 0 Å². The van der Waals surface area contributed by atoms with E-state index in [9.17, 15) is 22.4 Å². The van der Waals surface area contributed by atoms with E-state index in [1.165, 1.54) is 19.3 Å². The second-order valence-corrected chi connectivity index (χ2v) is 5.54. The Bertz CT molecular complexity index is 500. The SMILES string of the molecule is CCCCCCCCCNC(=O)c1c(F)cccc1C(F)(F)F. The van der Waals surface area contributed by atoms with Gasteiger partial charge < -0.3 is 5.32 Å². The highest BCUT2D eigenvalue weighted by atomic mass is 19.4. The maximum atomic E-state index is 13.6. The highest BCUT2D eigenvalue weighted by Gasteiger charge is 2.36. The average molecular weight is 333 g/mol. The van der Waals surface area contributed by atoms with Gasteiger partial charge >= 0.3 is 6.18 Å². The Morgan fingerprint density at radius 3 is 2.26 bits per heavy atom. The molecule has 0 atom stereocenters. The van der Waals surface area contributed by atoms with Crippen molar-refractivity contribution >= 4 is 5.91 Å². The fourth-order valence-electron chi connectivity index (χ4n) is 2.36. The van der Waals surface area contributed by atoms with E-state index in [0.717, 1.165) is 31.4 Å². The van der Waals surface area contributed by atoms with Crippen LogP contribution in [0.15, 0.2) is 18.2 Å². The standard InChI is InChI=1S/C17H23F4NO/c1-2-3-4-5-6-7-8-12-22-16(23)15-13(17(19,20)21)10-9-11-14(15)18/h9-11H,2-8,12H2,1H3,(H,22,23). The van der Waals surface area contributed by atoms with Gasteiger partial charge in [-0.2, -0.15) is 13.2 Å². The number of hydrogen-bond donors (Lipinski definition) is 1. The summed E-state index contributed by atoms with van der Waals surface area (Å²) in [6.07, 6.45) is 2.50. The normalized spacial score (nSPS) is 11.5. The molecule has 23 heavy (non-hydrogen) atoms. The summed E-state index contributed by atoms with van der Waals surface area (Å²) in [5.74, 6) is -2.17. The molecule has 0 aliphatic carbocycles. The molecule has 0 saturated carbocycles. The largest absolute Gasteiger partial charge is 0.417 e. The molecule has 2 nitrogen and oxygen atoms in total. The first kappa shape index (κ1) is 19.5. The van der Waals surface area contributed by atoms with E-state index in [1.54, 1.807) is 0 Å². The number of nitrogens with one attached hydrogen (secondary N) is 1. The van der Waals surface area contributed by atoms with Crippen LogP contribution in [0.5, 0.6) is 0 Å². The second-order valence-electron chi connectivity index (χ2n) is 5.54. The van der Waals surface area contributed by atoms with Crippen LogP contribution in [-0.2, 0) is 6.18 Å². The van der Waals surface area contributed by atoms with Crippen molar-refractivity contribution in [1.82, 2.24) is 5.32 Å². The number of rotatable bonds is 9. The minimum atomic E-state index is -4.76. The van der Waals surface area contributed by atoms with Crippen molar-refractivity contribution in [2.24, 2.45) is 0 Å². The molecule has 0 radical (unpaired) electrons. The van der Waals surface area contributed by atoms with Gasteiger partial charge in [-0.3, -0.25) is 4.79 Å². The molecule has 0 aliphatic heterocycles. The lowest BCUT2D eigenvalue weighted by atomic mass is 10.1. The first-order valence-corrected chi connectivity index (χ1v) is 8.01. The Labute approximate surface area is 134 Å². The molecule has 0 saturated heterocycles. The zero-order valence-corrected chi connectivity index (χ0v) is 13.3. The van der Waals surface area contributed by atoms with Gasteiger partial charge in [0, 0.05) is 6.54 Å². The van der Waals surface area contributed by atoms with Crippen LogP contribution in [0.3, 0.4) is 0 Å². The minimum absolute atomic E-state index is 0.248. The van der Waals surface area contributed by atoms with Gasteiger partial charge in [0.05, 0.1) is 11.1 Å². The van der Waals surface area contributed by atoms with Crippen molar-refractivity contribution in [2.45, 2.75) is 58.0 Å². The van der Waals surface area contributed by atoms with Crippen LogP contribution in [0, 0.1) is 5.82 Å². The van der Waals surface area contributed by atoms with Crippen molar-refractivity contribution in [3.8, 4) is 0 Å². The van der Waals surface area contributed by atoms with Gasteiger partial charge in [0.15, 0.2) is 0 Å². The van der Waals surface area contributed by atoms with E-state index in [4.69, 9.17) is 0 Å². The molecule has 0 fully saturated rings. The Kier molecular flexibility index (Phi) is 8.06. The summed E-state index contributed by atoms with van der Waals surface area (Å²) in [5.41, 5.74) is -2.17. The van der Waals surface area contributed by atoms with Gasteiger partial charge in [-0.05, 0) is 18.6 Å². The molecule has 0 heterocycles. The number of unbranched alkanes of at least 4 members (excludes halogenated alkanes) is 6. The molecule has 0 aromatic heterocycles. The molecule has 0 unspecified atom stereocenters. The third kappa shape index (κ3) is 6.59. The third-order valence-corrected chi connectivity index (χ3v) is 3.61. The predicted molar refractivity (Wildman–Crippen MR) is 81.7 cm³/mol. The lowest BCUT2D eigenvalue weighted by Gasteiger charge is -2.13. The monoisotopic (exact) mass is 333 g/mol. The summed E-state index contributed by atoms with van der Waals surface area (Å²) in [6, 6.07) is 2.52. The quantitative estimate of drug-likeness (QED) is 0.480. The van der Waals surface area contributed by atoms with E-state index in [0.29, 0.717) is 12.5 Å². The van der Waals surface area contributed by atoms with Crippen molar-refractivity contribution in [2.75, 3.05) is 6.54 Å². The minimum Gasteiger partial charge on any atom is -0.352 e. The number of carbonyl (C=O) groups is 1. The van der Waals surface area contributed by atoms with E-state index in [-0.39, 0.29) is 6.54 Å². The van der Waals surface area contributed by atoms with Crippen molar-refractivity contribution < 1.29 is 22.4 Å². The van der Waals surface area contributed by atoms with Crippen LogP contribution in [-0.4, -0.2) is 12.5 Å². The molecular weight excluding hydrogens is 310 g/mol. The molecule has 1 N–H and O–H groups in total. The number of carbonyl (C=O) groups excluding carboxylic acids is 1. The fourth-order valence-corrected chi connectivity index (χ4v) is 2.36. The van der Waals surface area contributed by atoms with Gasteiger partial charge in [0.2, 0.25) is 0 Å². The molecule has 130 valence electrons. The van der Waals surface area contributed by atoms with Crippen LogP contribution in [0.2, 0.25) is 0 Å². The smallest absolute Gasteiger partial charge is 0.352 e. The number of amides is 1. The van der Waals surface area contributed by atoms with Crippen LogP contribution in [0.1, 0.15) is 67.8 Å². The van der Waals surface area contributed by atoms with Crippen LogP contribution in [0.4, 0.5) is 17.6 Å². The Hall–Kier alpha value is -1.59. The molecule has 6 heteroatoms. The first-order chi connectivity index (χ1) is 10.9. The van der Waals surface area contributed by atoms with Gasteiger partial charge in [0.25, 0.3) is 5.91 Å². The fraction of sp³-hybridized carbons (Fsp3) is 0.588. The predicted octanol–water partition coefficient (Wildman–Crippen LogP) is 5.32. The topological polar surface area (TPSA) is 29.1 Å². The molecular formula is C17H23F4NO. The second kappa shape index (κ2) is 9.53. The van der Waals surface area contributed by atoms with Crippen LogP contribution in [0.25, 0.3) is 0 Å². The van der Waals surface area contributed by atoms with Gasteiger partial charge in [-0.15, -0.1) is 0 Å². The molecule has 1 amide bonds. The summed E-state index contributed by atoms with van der Waals surface area (Å²) in [6.45, 7) is 2.38. The molecule has 0 aliphatic rings. The van der Waals surface area contributed by atoms with Crippen molar-refractivity contribution in [3.05, 3.63) is 35.1 Å². The van der Waals surface area contributed by atoms with E-state index < -0.39 is 29.0 Å². The number of halogens is 4. The van der Waals surface area contributed by atoms with Crippen molar-refractivity contribution in [3.63, 3.8) is 0 Å². The summed E-state index contributed by atoms with van der Waals surface area (Å²) < 4.78 is 52.1. The molecule has 0 spiro atoms. The maximum Gasteiger partial charge on any atom is 0.417 e. The Morgan fingerprint density at radius 2 is 1.65 bits per heavy atom.